The predicted molar refractivity (Wildman–Crippen MR) is 98.2 cm³/mol. The molecule has 1 N–H and O–H groups in total. The van der Waals surface area contributed by atoms with Crippen molar-refractivity contribution in [2.45, 2.75) is 6.42 Å². The van der Waals surface area contributed by atoms with Crippen LogP contribution in [-0.4, -0.2) is 25.2 Å². The molecule has 0 aromatic heterocycles. The normalized spacial score (nSPS) is 9.88. The highest BCUT2D eigenvalue weighted by Gasteiger charge is 2.08. The molecule has 0 bridgehead atoms. The lowest BCUT2D eigenvalue weighted by Gasteiger charge is -2.08. The molecule has 0 aliphatic heterocycles. The van der Waals surface area contributed by atoms with Gasteiger partial charge in [-0.15, -0.1) is 0 Å². The first-order valence-electron chi connectivity index (χ1n) is 7.83. The van der Waals surface area contributed by atoms with Crippen LogP contribution in [0.4, 0.5) is 5.69 Å². The van der Waals surface area contributed by atoms with Crippen molar-refractivity contribution in [2.75, 3.05) is 18.7 Å². The Morgan fingerprint density at radius 3 is 2.38 bits per heavy atom. The SMILES string of the molecule is C=CC(=O)OCCCOc1ccc(C(=O)ONc2ccc(Cl)cc2)cc1. The number of carbonyl (C=O) groups excluding carboxylic acids is 2. The molecule has 0 atom stereocenters. The highest BCUT2D eigenvalue weighted by atomic mass is 35.5. The Hall–Kier alpha value is -2.99. The summed E-state index contributed by atoms with van der Waals surface area (Å²) in [6, 6.07) is 13.3. The molecule has 7 heteroatoms. The molecule has 2 rings (SSSR count). The van der Waals surface area contributed by atoms with E-state index in [0.717, 1.165) is 6.08 Å². The fourth-order valence-corrected chi connectivity index (χ4v) is 1.98. The summed E-state index contributed by atoms with van der Waals surface area (Å²) >= 11 is 5.79. The van der Waals surface area contributed by atoms with Crippen LogP contribution in [0.3, 0.4) is 0 Å². The molecule has 2 aromatic carbocycles. The van der Waals surface area contributed by atoms with Crippen molar-refractivity contribution in [2.24, 2.45) is 0 Å². The van der Waals surface area contributed by atoms with Crippen molar-refractivity contribution in [1.29, 1.82) is 0 Å². The molecule has 0 spiro atoms. The van der Waals surface area contributed by atoms with Crippen molar-refractivity contribution in [1.82, 2.24) is 0 Å². The number of anilines is 1. The van der Waals surface area contributed by atoms with Gasteiger partial charge in [-0.3, -0.25) is 0 Å². The van der Waals surface area contributed by atoms with Gasteiger partial charge in [0.05, 0.1) is 24.5 Å². The Kier molecular flexibility index (Phi) is 7.51. The Morgan fingerprint density at radius 1 is 1.04 bits per heavy atom. The monoisotopic (exact) mass is 375 g/mol. The summed E-state index contributed by atoms with van der Waals surface area (Å²) in [5.41, 5.74) is 3.54. The molecule has 0 fully saturated rings. The minimum absolute atomic E-state index is 0.256. The van der Waals surface area contributed by atoms with Crippen LogP contribution < -0.4 is 10.2 Å². The van der Waals surface area contributed by atoms with E-state index >= 15 is 0 Å². The van der Waals surface area contributed by atoms with E-state index in [1.807, 2.05) is 0 Å². The Balaban J connectivity index is 1.73. The molecule has 0 radical (unpaired) electrons. The van der Waals surface area contributed by atoms with E-state index < -0.39 is 11.9 Å². The van der Waals surface area contributed by atoms with Gasteiger partial charge in [0.1, 0.15) is 5.75 Å². The summed E-state index contributed by atoms with van der Waals surface area (Å²) in [6.45, 7) is 3.95. The van der Waals surface area contributed by atoms with Gasteiger partial charge >= 0.3 is 11.9 Å². The van der Waals surface area contributed by atoms with E-state index in [1.54, 1.807) is 48.5 Å². The average molecular weight is 376 g/mol. The number of hydrogen-bond acceptors (Lipinski definition) is 6. The summed E-state index contributed by atoms with van der Waals surface area (Å²) in [7, 11) is 0. The standard InChI is InChI=1S/C19H18ClNO5/c1-2-18(22)25-13-3-12-24-17-10-4-14(5-11-17)19(23)26-21-16-8-6-15(20)7-9-16/h2,4-11,21H,1,3,12-13H2. The fourth-order valence-electron chi connectivity index (χ4n) is 1.85. The van der Waals surface area contributed by atoms with Crippen molar-refractivity contribution in [3.63, 3.8) is 0 Å². The zero-order valence-electron chi connectivity index (χ0n) is 13.9. The van der Waals surface area contributed by atoms with Crippen LogP contribution >= 0.6 is 11.6 Å². The smallest absolute Gasteiger partial charge is 0.362 e. The third kappa shape index (κ3) is 6.49. The number of esters is 1. The Bertz CT molecular complexity index is 744. The van der Waals surface area contributed by atoms with Gasteiger partial charge in [-0.25, -0.2) is 15.1 Å². The molecule has 6 nitrogen and oxygen atoms in total. The summed E-state index contributed by atoms with van der Waals surface area (Å²) in [5, 5.41) is 0.594. The second-order valence-corrected chi connectivity index (χ2v) is 5.53. The maximum absolute atomic E-state index is 12.0. The first-order valence-corrected chi connectivity index (χ1v) is 8.21. The first kappa shape index (κ1) is 19.3. The fraction of sp³-hybridized carbons (Fsp3) is 0.158. The topological polar surface area (TPSA) is 73.9 Å². The molecule has 136 valence electrons. The van der Waals surface area contributed by atoms with Crippen LogP contribution in [0.25, 0.3) is 0 Å². The molecular weight excluding hydrogens is 358 g/mol. The molecule has 2 aromatic rings. The largest absolute Gasteiger partial charge is 0.493 e. The molecule has 0 unspecified atom stereocenters. The van der Waals surface area contributed by atoms with Gasteiger partial charge < -0.3 is 14.3 Å². The molecule has 0 aliphatic rings. The molecule has 0 saturated carbocycles. The van der Waals surface area contributed by atoms with Gasteiger partial charge in [0.2, 0.25) is 0 Å². The van der Waals surface area contributed by atoms with Crippen molar-refractivity contribution >= 4 is 29.2 Å². The van der Waals surface area contributed by atoms with Crippen LogP contribution in [0, 0.1) is 0 Å². The zero-order valence-corrected chi connectivity index (χ0v) is 14.7. The lowest BCUT2D eigenvalue weighted by atomic mass is 10.2. The van der Waals surface area contributed by atoms with Crippen molar-refractivity contribution in [3.05, 3.63) is 71.8 Å². The summed E-state index contributed by atoms with van der Waals surface area (Å²) in [6.07, 6.45) is 1.66. The quantitative estimate of drug-likeness (QED) is 0.309. The van der Waals surface area contributed by atoms with Gasteiger partial charge in [0, 0.05) is 17.5 Å². The van der Waals surface area contributed by atoms with Gasteiger partial charge in [-0.1, -0.05) is 18.2 Å². The summed E-state index contributed by atoms with van der Waals surface area (Å²) in [5.74, 6) is -0.384. The second-order valence-electron chi connectivity index (χ2n) is 5.10. The van der Waals surface area contributed by atoms with E-state index in [2.05, 4.69) is 12.1 Å². The Morgan fingerprint density at radius 2 is 1.73 bits per heavy atom. The number of rotatable bonds is 9. The molecule has 0 amide bonds. The lowest BCUT2D eigenvalue weighted by Crippen LogP contribution is -2.10. The minimum Gasteiger partial charge on any atom is -0.493 e. The van der Waals surface area contributed by atoms with Crippen LogP contribution in [0.2, 0.25) is 5.02 Å². The number of nitrogens with one attached hydrogen (secondary N) is 1. The maximum Gasteiger partial charge on any atom is 0.362 e. The molecule has 0 aliphatic carbocycles. The number of benzene rings is 2. The second kappa shape index (κ2) is 10.1. The van der Waals surface area contributed by atoms with E-state index in [4.69, 9.17) is 25.9 Å². The first-order chi connectivity index (χ1) is 12.6. The Labute approximate surface area is 156 Å². The average Bonchev–Trinajstić information content (AvgIpc) is 2.67. The van der Waals surface area contributed by atoms with Crippen LogP contribution in [-0.2, 0) is 14.4 Å². The van der Waals surface area contributed by atoms with Gasteiger partial charge in [-0.2, -0.15) is 0 Å². The molecular formula is C19H18ClNO5. The molecule has 0 heterocycles. The predicted octanol–water partition coefficient (Wildman–Crippen LogP) is 4.02. The van der Waals surface area contributed by atoms with Crippen LogP contribution in [0.15, 0.2) is 61.2 Å². The number of halogens is 1. The van der Waals surface area contributed by atoms with Crippen LogP contribution in [0.5, 0.6) is 5.75 Å². The number of ether oxygens (including phenoxy) is 2. The molecule has 26 heavy (non-hydrogen) atoms. The van der Waals surface area contributed by atoms with Crippen molar-refractivity contribution in [3.8, 4) is 5.75 Å². The minimum atomic E-state index is -0.525. The maximum atomic E-state index is 12.0. The zero-order chi connectivity index (χ0) is 18.8. The number of hydrogen-bond donors (Lipinski definition) is 1. The third-order valence-corrected chi connectivity index (χ3v) is 3.42. The summed E-state index contributed by atoms with van der Waals surface area (Å²) in [4.78, 5) is 27.9. The van der Waals surface area contributed by atoms with E-state index in [0.29, 0.717) is 35.1 Å². The van der Waals surface area contributed by atoms with E-state index in [-0.39, 0.29) is 6.61 Å². The van der Waals surface area contributed by atoms with E-state index in [9.17, 15) is 9.59 Å². The highest BCUT2D eigenvalue weighted by molar-refractivity contribution is 6.30. The van der Waals surface area contributed by atoms with Gasteiger partial charge in [0.25, 0.3) is 0 Å². The lowest BCUT2D eigenvalue weighted by molar-refractivity contribution is -0.137. The van der Waals surface area contributed by atoms with Crippen molar-refractivity contribution < 1.29 is 23.9 Å². The van der Waals surface area contributed by atoms with E-state index in [1.165, 1.54) is 0 Å². The number of carbonyl (C=O) groups is 2. The third-order valence-electron chi connectivity index (χ3n) is 3.16. The van der Waals surface area contributed by atoms with Crippen LogP contribution in [0.1, 0.15) is 16.8 Å². The van der Waals surface area contributed by atoms with Gasteiger partial charge in [-0.05, 0) is 48.5 Å². The highest BCUT2D eigenvalue weighted by Crippen LogP contribution is 2.15. The summed E-state index contributed by atoms with van der Waals surface area (Å²) < 4.78 is 10.3. The van der Waals surface area contributed by atoms with Gasteiger partial charge in [0.15, 0.2) is 0 Å². The molecule has 0 saturated heterocycles.